The second kappa shape index (κ2) is 7.35. The molecule has 0 fully saturated rings. The van der Waals surface area contributed by atoms with Crippen LogP contribution >= 0.6 is 11.6 Å². The predicted octanol–water partition coefficient (Wildman–Crippen LogP) is 4.19. The maximum Gasteiger partial charge on any atom is 0.416 e. The summed E-state index contributed by atoms with van der Waals surface area (Å²) in [5.74, 6) is -1.01. The highest BCUT2D eigenvalue weighted by molar-refractivity contribution is 7.90. The molecular formula is C19H12ClF3N4O4S. The molecule has 0 saturated heterocycles. The van der Waals surface area contributed by atoms with Crippen LogP contribution in [0.4, 0.5) is 13.2 Å². The number of halogens is 4. The monoisotopic (exact) mass is 484 g/mol. The van der Waals surface area contributed by atoms with Gasteiger partial charge in [-0.05, 0) is 24.3 Å². The highest BCUT2D eigenvalue weighted by Gasteiger charge is 2.32. The van der Waals surface area contributed by atoms with Crippen LogP contribution in [0.5, 0.6) is 0 Å². The summed E-state index contributed by atoms with van der Waals surface area (Å²) >= 11 is 6.33. The van der Waals surface area contributed by atoms with E-state index < -0.39 is 32.4 Å². The van der Waals surface area contributed by atoms with Crippen LogP contribution in [-0.4, -0.2) is 45.5 Å². The lowest BCUT2D eigenvalue weighted by Crippen LogP contribution is -2.08. The average Bonchev–Trinajstić information content (AvgIpc) is 3.32. The number of hydrogen-bond donors (Lipinski definition) is 2. The van der Waals surface area contributed by atoms with Crippen molar-refractivity contribution in [2.75, 3.05) is 6.26 Å². The number of benzene rings is 2. The zero-order valence-electron chi connectivity index (χ0n) is 16.0. The van der Waals surface area contributed by atoms with Crippen molar-refractivity contribution in [3.63, 3.8) is 0 Å². The molecule has 0 spiro atoms. The Morgan fingerprint density at radius 3 is 2.50 bits per heavy atom. The Kier molecular flexibility index (Phi) is 5.01. The number of H-pyrrole nitrogens is 1. The van der Waals surface area contributed by atoms with Gasteiger partial charge in [-0.25, -0.2) is 22.9 Å². The lowest BCUT2D eigenvalue weighted by molar-refractivity contribution is -0.137. The molecule has 0 aliphatic carbocycles. The molecule has 0 atom stereocenters. The number of aromatic carboxylic acids is 1. The maximum absolute atomic E-state index is 13.1. The van der Waals surface area contributed by atoms with Crippen molar-refractivity contribution < 1.29 is 31.5 Å². The van der Waals surface area contributed by atoms with Gasteiger partial charge in [-0.3, -0.25) is 0 Å². The number of nitrogens with one attached hydrogen (secondary N) is 1. The summed E-state index contributed by atoms with van der Waals surface area (Å²) in [5, 5.41) is 13.0. The number of aromatic amines is 1. The minimum Gasteiger partial charge on any atom is -0.478 e. The van der Waals surface area contributed by atoms with Crippen molar-refractivity contribution in [1.82, 2.24) is 19.7 Å². The Hall–Kier alpha value is -3.38. The van der Waals surface area contributed by atoms with Gasteiger partial charge in [0.25, 0.3) is 0 Å². The van der Waals surface area contributed by atoms with Crippen LogP contribution in [-0.2, 0) is 16.0 Å². The highest BCUT2D eigenvalue weighted by Crippen LogP contribution is 2.39. The van der Waals surface area contributed by atoms with Crippen molar-refractivity contribution in [3.8, 4) is 17.1 Å². The number of carboxylic acid groups (broad SMARTS) is 1. The van der Waals surface area contributed by atoms with Gasteiger partial charge in [-0.1, -0.05) is 17.7 Å². The van der Waals surface area contributed by atoms with Gasteiger partial charge >= 0.3 is 12.1 Å². The topological polar surface area (TPSA) is 118 Å². The van der Waals surface area contributed by atoms with E-state index in [4.69, 9.17) is 16.7 Å². The van der Waals surface area contributed by atoms with E-state index in [1.54, 1.807) is 0 Å². The third kappa shape index (κ3) is 3.94. The molecule has 2 aromatic heterocycles. The van der Waals surface area contributed by atoms with E-state index in [9.17, 15) is 26.4 Å². The first-order chi connectivity index (χ1) is 14.8. The third-order valence-corrected chi connectivity index (χ3v) is 6.05. The summed E-state index contributed by atoms with van der Waals surface area (Å²) in [6, 6.07) is 5.26. The zero-order chi connectivity index (χ0) is 23.4. The maximum atomic E-state index is 13.1. The molecule has 4 rings (SSSR count). The molecule has 2 aromatic carbocycles. The Morgan fingerprint density at radius 2 is 1.91 bits per heavy atom. The van der Waals surface area contributed by atoms with Crippen LogP contribution in [0.1, 0.15) is 15.9 Å². The van der Waals surface area contributed by atoms with Crippen LogP contribution in [0.15, 0.2) is 47.6 Å². The van der Waals surface area contributed by atoms with E-state index in [1.807, 2.05) is 0 Å². The lowest BCUT2D eigenvalue weighted by Gasteiger charge is -2.14. The normalized spacial score (nSPS) is 12.4. The molecule has 0 amide bonds. The second-order valence-corrected chi connectivity index (χ2v) is 9.26. The smallest absolute Gasteiger partial charge is 0.416 e. The number of nitrogens with zero attached hydrogens (tertiary/aromatic N) is 3. The first-order valence-electron chi connectivity index (χ1n) is 8.74. The highest BCUT2D eigenvalue weighted by atomic mass is 35.5. The van der Waals surface area contributed by atoms with Crippen molar-refractivity contribution in [2.24, 2.45) is 0 Å². The molecule has 13 heteroatoms. The molecule has 4 aromatic rings. The van der Waals surface area contributed by atoms with Crippen LogP contribution in [0.2, 0.25) is 5.02 Å². The second-order valence-electron chi connectivity index (χ2n) is 6.87. The van der Waals surface area contributed by atoms with E-state index in [-0.39, 0.29) is 27.7 Å². The predicted molar refractivity (Wildman–Crippen MR) is 109 cm³/mol. The molecule has 0 bridgehead atoms. The summed E-state index contributed by atoms with van der Waals surface area (Å²) in [7, 11) is -4.03. The molecule has 166 valence electrons. The zero-order valence-corrected chi connectivity index (χ0v) is 17.5. The number of sulfone groups is 1. The van der Waals surface area contributed by atoms with Gasteiger partial charge in [-0.2, -0.15) is 18.3 Å². The van der Waals surface area contributed by atoms with E-state index in [0.29, 0.717) is 17.1 Å². The summed E-state index contributed by atoms with van der Waals surface area (Å²) in [4.78, 5) is 17.7. The van der Waals surface area contributed by atoms with Gasteiger partial charge in [-0.15, -0.1) is 0 Å². The minimum absolute atomic E-state index is 0.01000. The van der Waals surface area contributed by atoms with Gasteiger partial charge in [0.05, 0.1) is 38.3 Å². The third-order valence-electron chi connectivity index (χ3n) is 4.60. The van der Waals surface area contributed by atoms with Crippen LogP contribution < -0.4 is 0 Å². The molecule has 0 saturated carbocycles. The van der Waals surface area contributed by atoms with Gasteiger partial charge in [0.15, 0.2) is 9.84 Å². The first-order valence-corrected chi connectivity index (χ1v) is 11.0. The van der Waals surface area contributed by atoms with Crippen LogP contribution in [0.3, 0.4) is 0 Å². The van der Waals surface area contributed by atoms with Gasteiger partial charge in [0.2, 0.25) is 5.95 Å². The van der Waals surface area contributed by atoms with Gasteiger partial charge < -0.3 is 10.1 Å². The molecule has 8 nitrogen and oxygen atoms in total. The molecule has 2 N–H and O–H groups in total. The molecule has 0 aliphatic rings. The van der Waals surface area contributed by atoms with E-state index >= 15 is 0 Å². The molecule has 32 heavy (non-hydrogen) atoms. The number of alkyl halides is 3. The summed E-state index contributed by atoms with van der Waals surface area (Å²) in [6.45, 7) is 0. The summed E-state index contributed by atoms with van der Waals surface area (Å²) in [6.07, 6.45) is -1.54. The Bertz CT molecular complexity index is 1490. The van der Waals surface area contributed by atoms with Crippen LogP contribution in [0, 0.1) is 0 Å². The fourth-order valence-electron chi connectivity index (χ4n) is 3.11. The van der Waals surface area contributed by atoms with Crippen molar-refractivity contribution in [1.29, 1.82) is 0 Å². The lowest BCUT2D eigenvalue weighted by atomic mass is 10.0. The number of carbonyl (C=O) groups is 1. The molecule has 2 heterocycles. The molecule has 0 unspecified atom stereocenters. The SMILES string of the molecule is CS(=O)(=O)c1cc(C(F)(F)F)ccc1-c1cc2nc(-n3cc(C(=O)O)cn3)[nH]c2cc1Cl. The summed E-state index contributed by atoms with van der Waals surface area (Å²) in [5.41, 5.74) is -0.275. The fourth-order valence-corrected chi connectivity index (χ4v) is 4.29. The first kappa shape index (κ1) is 21.8. The van der Waals surface area contributed by atoms with E-state index in [2.05, 4.69) is 15.1 Å². The van der Waals surface area contributed by atoms with E-state index in [0.717, 1.165) is 24.6 Å². The van der Waals surface area contributed by atoms with Crippen LogP contribution in [0.25, 0.3) is 28.1 Å². The molecule has 0 aliphatic heterocycles. The Balaban J connectivity index is 1.88. The number of imidazole rings is 1. The Labute approximate surface area is 183 Å². The molecular weight excluding hydrogens is 473 g/mol. The number of carboxylic acids is 1. The Morgan fingerprint density at radius 1 is 1.19 bits per heavy atom. The summed E-state index contributed by atoms with van der Waals surface area (Å²) < 4.78 is 65.0. The minimum atomic E-state index is -4.72. The van der Waals surface area contributed by atoms with Crippen molar-refractivity contribution in [3.05, 3.63) is 58.9 Å². The fraction of sp³-hybridized carbons (Fsp3) is 0.105. The standard InChI is InChI=1S/C19H12ClF3N4O4S/c1-32(30,31)16-4-10(19(21,22)23)2-3-11(16)12-5-14-15(6-13(12)20)26-18(25-14)27-8-9(7-24-27)17(28)29/h2-8H,1H3,(H,25,26)(H,28,29). The quantitative estimate of drug-likeness (QED) is 0.448. The number of hydrogen-bond acceptors (Lipinski definition) is 5. The van der Waals surface area contributed by atoms with Gasteiger partial charge in [0.1, 0.15) is 0 Å². The largest absolute Gasteiger partial charge is 0.478 e. The number of aromatic nitrogens is 4. The molecule has 0 radical (unpaired) electrons. The number of fused-ring (bicyclic) bond motifs is 1. The van der Waals surface area contributed by atoms with E-state index in [1.165, 1.54) is 23.0 Å². The van der Waals surface area contributed by atoms with Crippen molar-refractivity contribution >= 4 is 38.4 Å². The van der Waals surface area contributed by atoms with Gasteiger partial charge in [0, 0.05) is 23.6 Å². The number of rotatable bonds is 4. The van der Waals surface area contributed by atoms with Crippen molar-refractivity contribution in [2.45, 2.75) is 11.1 Å². The average molecular weight is 485 g/mol.